The third kappa shape index (κ3) is 1.49. The van der Waals surface area contributed by atoms with E-state index >= 15 is 0 Å². The van der Waals surface area contributed by atoms with Crippen LogP contribution in [0.2, 0.25) is 0 Å². The molecule has 1 aromatic heterocycles. The van der Waals surface area contributed by atoms with Crippen LogP contribution in [0.3, 0.4) is 0 Å². The van der Waals surface area contributed by atoms with Crippen LogP contribution in [0.5, 0.6) is 0 Å². The lowest BCUT2D eigenvalue weighted by Crippen LogP contribution is -2.22. The largest absolute Gasteiger partial charge is 0.468 e. The fourth-order valence-corrected chi connectivity index (χ4v) is 2.14. The van der Waals surface area contributed by atoms with Gasteiger partial charge in [-0.15, -0.1) is 0 Å². The Morgan fingerprint density at radius 3 is 2.86 bits per heavy atom. The summed E-state index contributed by atoms with van der Waals surface area (Å²) in [5, 5.41) is 0. The molecule has 0 N–H and O–H groups in total. The molecule has 2 heteroatoms. The number of ketones is 1. The summed E-state index contributed by atoms with van der Waals surface area (Å²) in [5.41, 5.74) is 2.24. The lowest BCUT2D eigenvalue weighted by Gasteiger charge is -2.28. The van der Waals surface area contributed by atoms with Crippen molar-refractivity contribution in [1.82, 2.24) is 0 Å². The number of hydrogen-bond acceptors (Lipinski definition) is 2. The number of hydrogen-bond donors (Lipinski definition) is 0. The monoisotopic (exact) mass is 192 g/mol. The summed E-state index contributed by atoms with van der Waals surface area (Å²) in [6.07, 6.45) is 4.70. The van der Waals surface area contributed by atoms with Crippen molar-refractivity contribution in [2.24, 2.45) is 5.41 Å². The predicted molar refractivity (Wildman–Crippen MR) is 54.5 cm³/mol. The van der Waals surface area contributed by atoms with Gasteiger partial charge in [-0.25, -0.2) is 0 Å². The van der Waals surface area contributed by atoms with Gasteiger partial charge < -0.3 is 4.42 Å². The molecule has 0 aliphatic heterocycles. The number of aryl methyl sites for hydroxylation is 1. The average molecular weight is 192 g/mol. The molecule has 2 rings (SSSR count). The third-order valence-electron chi connectivity index (χ3n) is 3.04. The molecule has 1 aromatic rings. The van der Waals surface area contributed by atoms with E-state index in [1.807, 2.05) is 0 Å². The van der Waals surface area contributed by atoms with Crippen LogP contribution in [-0.4, -0.2) is 5.78 Å². The van der Waals surface area contributed by atoms with Gasteiger partial charge in [0.2, 0.25) is 0 Å². The highest BCUT2D eigenvalue weighted by molar-refractivity contribution is 5.95. The van der Waals surface area contributed by atoms with Crippen molar-refractivity contribution in [3.05, 3.63) is 23.2 Å². The van der Waals surface area contributed by atoms with Crippen LogP contribution < -0.4 is 0 Å². The van der Waals surface area contributed by atoms with Crippen molar-refractivity contribution in [2.75, 3.05) is 0 Å². The zero-order chi connectivity index (χ0) is 10.3. The van der Waals surface area contributed by atoms with E-state index in [2.05, 4.69) is 13.8 Å². The highest BCUT2D eigenvalue weighted by Gasteiger charge is 2.30. The standard InChI is InChI=1S/C12H16O2/c1-8(13)10-7-14-11-4-5-12(2,3)6-9(10)11/h7H,4-6H2,1-3H3. The van der Waals surface area contributed by atoms with Gasteiger partial charge in [0.1, 0.15) is 12.0 Å². The zero-order valence-corrected chi connectivity index (χ0v) is 9.02. The highest BCUT2D eigenvalue weighted by atomic mass is 16.3. The van der Waals surface area contributed by atoms with Gasteiger partial charge in [0.15, 0.2) is 5.78 Å². The molecule has 1 aliphatic carbocycles. The molecule has 1 aliphatic rings. The van der Waals surface area contributed by atoms with E-state index < -0.39 is 0 Å². The second-order valence-electron chi connectivity index (χ2n) is 4.95. The lowest BCUT2D eigenvalue weighted by molar-refractivity contribution is 0.101. The minimum atomic E-state index is 0.118. The summed E-state index contributed by atoms with van der Waals surface area (Å²) in [5.74, 6) is 1.14. The van der Waals surface area contributed by atoms with Crippen LogP contribution in [0.1, 0.15) is 48.9 Å². The van der Waals surface area contributed by atoms with Crippen molar-refractivity contribution >= 4 is 5.78 Å². The molecular formula is C12H16O2. The highest BCUT2D eigenvalue weighted by Crippen LogP contribution is 2.37. The van der Waals surface area contributed by atoms with Gasteiger partial charge in [-0.2, -0.15) is 0 Å². The Morgan fingerprint density at radius 1 is 1.50 bits per heavy atom. The Morgan fingerprint density at radius 2 is 2.21 bits per heavy atom. The maximum atomic E-state index is 11.3. The quantitative estimate of drug-likeness (QED) is 0.640. The summed E-state index contributed by atoms with van der Waals surface area (Å²) in [4.78, 5) is 11.3. The van der Waals surface area contributed by atoms with Crippen molar-refractivity contribution in [1.29, 1.82) is 0 Å². The van der Waals surface area contributed by atoms with Crippen LogP contribution in [0.25, 0.3) is 0 Å². The molecule has 76 valence electrons. The summed E-state index contributed by atoms with van der Waals surface area (Å²) in [6.45, 7) is 6.09. The summed E-state index contributed by atoms with van der Waals surface area (Å²) in [7, 11) is 0. The minimum Gasteiger partial charge on any atom is -0.468 e. The van der Waals surface area contributed by atoms with Gasteiger partial charge in [0.05, 0.1) is 5.56 Å². The van der Waals surface area contributed by atoms with E-state index in [1.165, 1.54) is 0 Å². The summed E-state index contributed by atoms with van der Waals surface area (Å²) < 4.78 is 5.42. The Balaban J connectivity index is 2.42. The van der Waals surface area contributed by atoms with Gasteiger partial charge in [-0.05, 0) is 25.2 Å². The smallest absolute Gasteiger partial charge is 0.163 e. The molecule has 0 bridgehead atoms. The number of carbonyl (C=O) groups excluding carboxylic acids is 1. The maximum absolute atomic E-state index is 11.3. The molecule has 2 nitrogen and oxygen atoms in total. The van der Waals surface area contributed by atoms with Gasteiger partial charge in [-0.3, -0.25) is 4.79 Å². The summed E-state index contributed by atoms with van der Waals surface area (Å²) >= 11 is 0. The molecule has 0 saturated heterocycles. The van der Waals surface area contributed by atoms with Crippen LogP contribution in [0.4, 0.5) is 0 Å². The molecular weight excluding hydrogens is 176 g/mol. The van der Waals surface area contributed by atoms with Crippen molar-refractivity contribution in [3.63, 3.8) is 0 Å². The fourth-order valence-electron chi connectivity index (χ4n) is 2.14. The second kappa shape index (κ2) is 2.97. The molecule has 14 heavy (non-hydrogen) atoms. The average Bonchev–Trinajstić information content (AvgIpc) is 2.44. The van der Waals surface area contributed by atoms with Crippen LogP contribution in [0.15, 0.2) is 10.7 Å². The normalized spacial score (nSPS) is 19.1. The number of carbonyl (C=O) groups is 1. The van der Waals surface area contributed by atoms with Gasteiger partial charge in [0, 0.05) is 12.0 Å². The van der Waals surface area contributed by atoms with E-state index in [4.69, 9.17) is 4.42 Å². The van der Waals surface area contributed by atoms with E-state index in [0.717, 1.165) is 36.1 Å². The van der Waals surface area contributed by atoms with E-state index in [-0.39, 0.29) is 5.78 Å². The first-order chi connectivity index (χ1) is 6.49. The number of Topliss-reactive ketones (excluding diaryl/α,β-unsaturated/α-hetero) is 1. The first-order valence-electron chi connectivity index (χ1n) is 5.10. The van der Waals surface area contributed by atoms with Crippen molar-refractivity contribution in [3.8, 4) is 0 Å². The fraction of sp³-hybridized carbons (Fsp3) is 0.583. The first-order valence-corrected chi connectivity index (χ1v) is 5.10. The third-order valence-corrected chi connectivity index (χ3v) is 3.04. The Labute approximate surface area is 84.3 Å². The lowest BCUT2D eigenvalue weighted by atomic mass is 9.75. The molecule has 0 amide bonds. The topological polar surface area (TPSA) is 30.2 Å². The molecule has 0 radical (unpaired) electrons. The van der Waals surface area contributed by atoms with Gasteiger partial charge in [-0.1, -0.05) is 13.8 Å². The van der Waals surface area contributed by atoms with Crippen molar-refractivity contribution in [2.45, 2.75) is 40.0 Å². The molecule has 0 saturated carbocycles. The molecule has 0 aromatic carbocycles. The van der Waals surface area contributed by atoms with E-state index in [0.29, 0.717) is 5.41 Å². The summed E-state index contributed by atoms with van der Waals surface area (Å²) in [6, 6.07) is 0. The van der Waals surface area contributed by atoms with Gasteiger partial charge >= 0.3 is 0 Å². The van der Waals surface area contributed by atoms with Crippen molar-refractivity contribution < 1.29 is 9.21 Å². The Hall–Kier alpha value is -1.05. The number of fused-ring (bicyclic) bond motifs is 1. The molecule has 0 spiro atoms. The molecule has 0 unspecified atom stereocenters. The molecule has 0 atom stereocenters. The Bertz CT molecular complexity index is 372. The van der Waals surface area contributed by atoms with E-state index in [1.54, 1.807) is 13.2 Å². The van der Waals surface area contributed by atoms with Gasteiger partial charge in [0.25, 0.3) is 0 Å². The molecule has 0 fully saturated rings. The molecule has 1 heterocycles. The maximum Gasteiger partial charge on any atom is 0.163 e. The number of rotatable bonds is 1. The van der Waals surface area contributed by atoms with Crippen LogP contribution in [-0.2, 0) is 12.8 Å². The van der Waals surface area contributed by atoms with Crippen LogP contribution in [0, 0.1) is 5.41 Å². The van der Waals surface area contributed by atoms with E-state index in [9.17, 15) is 4.79 Å². The predicted octanol–water partition coefficient (Wildman–Crippen LogP) is 3.00. The minimum absolute atomic E-state index is 0.118. The zero-order valence-electron chi connectivity index (χ0n) is 9.02. The Kier molecular flexibility index (Phi) is 2.02. The SMILES string of the molecule is CC(=O)c1coc2c1CC(C)(C)CC2. The number of furan rings is 1. The van der Waals surface area contributed by atoms with Crippen LogP contribution >= 0.6 is 0 Å². The second-order valence-corrected chi connectivity index (χ2v) is 4.95. The first kappa shape index (κ1) is 9.50.